The van der Waals surface area contributed by atoms with E-state index >= 15 is 0 Å². The van der Waals surface area contributed by atoms with Gasteiger partial charge in [-0.1, -0.05) is 6.92 Å². The summed E-state index contributed by atoms with van der Waals surface area (Å²) in [4.78, 5) is 16.4. The van der Waals surface area contributed by atoms with Crippen molar-refractivity contribution in [3.05, 3.63) is 54.2 Å². The molecule has 0 bridgehead atoms. The van der Waals surface area contributed by atoms with Crippen LogP contribution in [0.15, 0.2) is 48.1 Å². The molecule has 0 aliphatic heterocycles. The van der Waals surface area contributed by atoms with Crippen molar-refractivity contribution in [2.24, 2.45) is 4.99 Å². The summed E-state index contributed by atoms with van der Waals surface area (Å²) in [6.45, 7) is 5.97. The maximum absolute atomic E-state index is 10.5. The van der Waals surface area contributed by atoms with E-state index in [1.54, 1.807) is 40.8 Å². The lowest BCUT2D eigenvalue weighted by atomic mass is 10.0. The summed E-state index contributed by atoms with van der Waals surface area (Å²) in [5.41, 5.74) is 5.71. The van der Waals surface area contributed by atoms with Crippen molar-refractivity contribution in [2.45, 2.75) is 20.8 Å². The van der Waals surface area contributed by atoms with E-state index in [1.165, 1.54) is 0 Å². The van der Waals surface area contributed by atoms with Crippen LogP contribution in [0.2, 0.25) is 0 Å². The van der Waals surface area contributed by atoms with Gasteiger partial charge in [-0.2, -0.15) is 5.10 Å². The molecule has 0 spiro atoms. The van der Waals surface area contributed by atoms with Gasteiger partial charge in [-0.05, 0) is 43.5 Å². The first-order chi connectivity index (χ1) is 13.6. The smallest absolute Gasteiger partial charge is 0.198 e. The number of fused-ring (bicyclic) bond motifs is 1. The van der Waals surface area contributed by atoms with E-state index in [2.05, 4.69) is 32.0 Å². The zero-order chi connectivity index (χ0) is 19.7. The Balaban J connectivity index is 1.79. The standard InChI is InChI=1S/C20H20N6OS/c1-4-28-26-11-14(8-23-26)24-13(3)19-15-7-17(16-9-21-6-5-12(16)2)22-10-18(15)25-20(19)27/h5-11,25,27H,4H2,1-3H3. The number of aromatic nitrogens is 5. The molecule has 0 atom stereocenters. The largest absolute Gasteiger partial charge is 0.494 e. The van der Waals surface area contributed by atoms with Gasteiger partial charge in [0.1, 0.15) is 5.69 Å². The number of nitrogens with zero attached hydrogens (tertiary/aromatic N) is 5. The van der Waals surface area contributed by atoms with Gasteiger partial charge in [0.2, 0.25) is 0 Å². The molecule has 142 valence electrons. The minimum atomic E-state index is 0.0773. The predicted octanol–water partition coefficient (Wildman–Crippen LogP) is 4.49. The Labute approximate surface area is 166 Å². The zero-order valence-electron chi connectivity index (χ0n) is 15.8. The Morgan fingerprint density at radius 1 is 1.32 bits per heavy atom. The molecule has 4 rings (SSSR count). The lowest BCUT2D eigenvalue weighted by Crippen LogP contribution is -1.94. The first-order valence-electron chi connectivity index (χ1n) is 8.92. The highest BCUT2D eigenvalue weighted by Crippen LogP contribution is 2.32. The molecule has 0 fully saturated rings. The fourth-order valence-electron chi connectivity index (χ4n) is 3.13. The molecule has 0 saturated heterocycles. The fraction of sp³-hybridized carbons (Fsp3) is 0.200. The number of hydrogen-bond acceptors (Lipinski definition) is 6. The molecule has 7 nitrogen and oxygen atoms in total. The van der Waals surface area contributed by atoms with Gasteiger partial charge in [0.15, 0.2) is 5.88 Å². The van der Waals surface area contributed by atoms with E-state index in [-0.39, 0.29) is 5.88 Å². The Morgan fingerprint density at radius 2 is 2.18 bits per heavy atom. The minimum absolute atomic E-state index is 0.0773. The summed E-state index contributed by atoms with van der Waals surface area (Å²) in [7, 11) is 0. The topological polar surface area (TPSA) is 92.0 Å². The van der Waals surface area contributed by atoms with Crippen LogP contribution in [0, 0.1) is 6.92 Å². The highest BCUT2D eigenvalue weighted by molar-refractivity contribution is 7.97. The maximum atomic E-state index is 10.5. The second-order valence-electron chi connectivity index (χ2n) is 6.37. The van der Waals surface area contributed by atoms with Gasteiger partial charge in [-0.15, -0.1) is 0 Å². The molecule has 0 aromatic carbocycles. The number of rotatable bonds is 5. The Hall–Kier alpha value is -3.13. The lowest BCUT2D eigenvalue weighted by molar-refractivity contribution is 0.457. The van der Waals surface area contributed by atoms with Crippen molar-refractivity contribution >= 4 is 34.2 Å². The number of aliphatic imine (C=N–C) groups is 1. The summed E-state index contributed by atoms with van der Waals surface area (Å²) in [6.07, 6.45) is 8.87. The van der Waals surface area contributed by atoms with Crippen LogP contribution in [0.5, 0.6) is 5.88 Å². The lowest BCUT2D eigenvalue weighted by Gasteiger charge is -2.05. The average Bonchev–Trinajstić information content (AvgIpc) is 3.24. The number of H-pyrrole nitrogens is 1. The fourth-order valence-corrected chi connectivity index (χ4v) is 3.69. The second-order valence-corrected chi connectivity index (χ2v) is 7.58. The van der Waals surface area contributed by atoms with E-state index in [1.807, 2.05) is 32.2 Å². The molecule has 28 heavy (non-hydrogen) atoms. The van der Waals surface area contributed by atoms with Crippen LogP contribution in [-0.2, 0) is 0 Å². The number of aromatic hydroxyl groups is 1. The van der Waals surface area contributed by atoms with Crippen molar-refractivity contribution in [1.82, 2.24) is 24.1 Å². The zero-order valence-corrected chi connectivity index (χ0v) is 16.7. The van der Waals surface area contributed by atoms with Gasteiger partial charge >= 0.3 is 0 Å². The van der Waals surface area contributed by atoms with Crippen molar-refractivity contribution in [1.29, 1.82) is 0 Å². The number of hydrogen-bond donors (Lipinski definition) is 2. The van der Waals surface area contributed by atoms with Gasteiger partial charge in [0.25, 0.3) is 0 Å². The summed E-state index contributed by atoms with van der Waals surface area (Å²) in [6, 6.07) is 3.91. The monoisotopic (exact) mass is 392 g/mol. The predicted molar refractivity (Wildman–Crippen MR) is 113 cm³/mol. The molecule has 0 aliphatic carbocycles. The Kier molecular flexibility index (Phi) is 4.87. The molecular formula is C20H20N6OS. The first-order valence-corrected chi connectivity index (χ1v) is 9.86. The SMILES string of the molecule is CCSn1cc(N=C(C)c2c(O)[nH]c3cnc(-c4cnccc4C)cc23)cn1. The quantitative estimate of drug-likeness (QED) is 0.488. The van der Waals surface area contributed by atoms with Gasteiger partial charge in [0, 0.05) is 29.1 Å². The van der Waals surface area contributed by atoms with Crippen LogP contribution >= 0.6 is 11.9 Å². The third-order valence-corrected chi connectivity index (χ3v) is 5.17. The molecule has 0 saturated carbocycles. The van der Waals surface area contributed by atoms with Gasteiger partial charge < -0.3 is 10.1 Å². The molecule has 4 heterocycles. The van der Waals surface area contributed by atoms with Gasteiger partial charge in [-0.3, -0.25) is 9.97 Å². The Morgan fingerprint density at radius 3 is 2.96 bits per heavy atom. The van der Waals surface area contributed by atoms with Crippen LogP contribution < -0.4 is 0 Å². The van der Waals surface area contributed by atoms with Crippen molar-refractivity contribution in [3.63, 3.8) is 0 Å². The summed E-state index contributed by atoms with van der Waals surface area (Å²) < 4.78 is 1.79. The summed E-state index contributed by atoms with van der Waals surface area (Å²) >= 11 is 1.59. The third-order valence-electron chi connectivity index (χ3n) is 4.44. The highest BCUT2D eigenvalue weighted by Gasteiger charge is 2.16. The normalized spacial score (nSPS) is 12.0. The number of pyridine rings is 2. The maximum Gasteiger partial charge on any atom is 0.198 e. The van der Waals surface area contributed by atoms with E-state index in [0.717, 1.165) is 39.2 Å². The van der Waals surface area contributed by atoms with Crippen molar-refractivity contribution in [3.8, 4) is 17.1 Å². The van der Waals surface area contributed by atoms with E-state index in [0.29, 0.717) is 11.3 Å². The van der Waals surface area contributed by atoms with Crippen LogP contribution in [0.25, 0.3) is 22.2 Å². The number of nitrogens with one attached hydrogen (secondary N) is 1. The molecule has 8 heteroatoms. The van der Waals surface area contributed by atoms with Crippen LogP contribution in [-0.4, -0.2) is 40.7 Å². The minimum Gasteiger partial charge on any atom is -0.494 e. The van der Waals surface area contributed by atoms with Crippen molar-refractivity contribution in [2.75, 3.05) is 5.75 Å². The summed E-state index contributed by atoms with van der Waals surface area (Å²) in [5.74, 6) is 1.00. The van der Waals surface area contributed by atoms with E-state index in [9.17, 15) is 5.11 Å². The molecule has 4 aromatic rings. The molecule has 0 radical (unpaired) electrons. The Bertz CT molecular complexity index is 1180. The van der Waals surface area contributed by atoms with Crippen molar-refractivity contribution < 1.29 is 5.11 Å². The van der Waals surface area contributed by atoms with Crippen LogP contribution in [0.4, 0.5) is 5.69 Å². The second kappa shape index (κ2) is 7.47. The average molecular weight is 392 g/mol. The molecular weight excluding hydrogens is 372 g/mol. The van der Waals surface area contributed by atoms with Gasteiger partial charge in [-0.25, -0.2) is 9.08 Å². The van der Waals surface area contributed by atoms with E-state index in [4.69, 9.17) is 0 Å². The number of aryl methyl sites for hydroxylation is 1. The molecule has 0 amide bonds. The molecule has 0 aliphatic rings. The third kappa shape index (κ3) is 3.38. The van der Waals surface area contributed by atoms with Crippen LogP contribution in [0.1, 0.15) is 25.0 Å². The van der Waals surface area contributed by atoms with Gasteiger partial charge in [0.05, 0.1) is 41.1 Å². The molecule has 4 aromatic heterocycles. The molecule has 2 N–H and O–H groups in total. The van der Waals surface area contributed by atoms with E-state index < -0.39 is 0 Å². The highest BCUT2D eigenvalue weighted by atomic mass is 32.2. The van der Waals surface area contributed by atoms with Crippen LogP contribution in [0.3, 0.4) is 0 Å². The summed E-state index contributed by atoms with van der Waals surface area (Å²) in [5, 5.41) is 15.6. The number of aromatic amines is 1. The molecule has 0 unspecified atom stereocenters. The first kappa shape index (κ1) is 18.2.